The highest BCUT2D eigenvalue weighted by Gasteiger charge is 2.33. The molecule has 22 nitrogen and oxygen atoms in total. The molecule has 3 aliphatic heterocycles. The van der Waals surface area contributed by atoms with E-state index in [0.29, 0.717) is 89.7 Å². The fourth-order valence-electron chi connectivity index (χ4n) is 8.79. The zero-order valence-corrected chi connectivity index (χ0v) is 38.1. The molecule has 4 amide bonds. The van der Waals surface area contributed by atoms with Crippen molar-refractivity contribution in [3.05, 3.63) is 119 Å². The van der Waals surface area contributed by atoms with Gasteiger partial charge < -0.3 is 25.8 Å². The van der Waals surface area contributed by atoms with Crippen molar-refractivity contribution in [3.8, 4) is 0 Å². The molecule has 0 bridgehead atoms. The second kappa shape index (κ2) is 20.8. The van der Waals surface area contributed by atoms with Crippen molar-refractivity contribution in [3.63, 3.8) is 0 Å². The predicted octanol–water partition coefficient (Wildman–Crippen LogP) is 0.430. The number of anilines is 2. The van der Waals surface area contributed by atoms with Gasteiger partial charge in [-0.25, -0.2) is 28.7 Å². The molecule has 4 N–H and O–H groups in total. The number of nitrogens with one attached hydrogen (secondary N) is 3. The zero-order chi connectivity index (χ0) is 47.1. The van der Waals surface area contributed by atoms with Gasteiger partial charge in [-0.3, -0.25) is 33.9 Å². The van der Waals surface area contributed by atoms with Gasteiger partial charge in [0.1, 0.15) is 36.4 Å². The molecule has 1 unspecified atom stereocenters. The largest absolute Gasteiger partial charge is 0.395 e. The summed E-state index contributed by atoms with van der Waals surface area (Å²) in [7, 11) is 3.38. The van der Waals surface area contributed by atoms with Gasteiger partial charge in [0.05, 0.1) is 43.8 Å². The summed E-state index contributed by atoms with van der Waals surface area (Å²) in [6.07, 6.45) is 4.93. The van der Waals surface area contributed by atoms with Crippen molar-refractivity contribution >= 4 is 35.3 Å². The molecule has 2 aromatic carbocycles. The number of likely N-dealkylation sites (N-methyl/N-ethyl adjacent to an activating group) is 2. The second-order valence-corrected chi connectivity index (χ2v) is 17.3. The van der Waals surface area contributed by atoms with Crippen molar-refractivity contribution in [2.24, 2.45) is 0 Å². The van der Waals surface area contributed by atoms with Crippen LogP contribution in [0.15, 0.2) is 79.4 Å². The summed E-state index contributed by atoms with van der Waals surface area (Å²) in [4.78, 5) is 67.3. The van der Waals surface area contributed by atoms with E-state index in [1.165, 1.54) is 17.6 Å². The van der Waals surface area contributed by atoms with E-state index >= 15 is 0 Å². The average molecular weight is 929 g/mol. The van der Waals surface area contributed by atoms with Gasteiger partial charge in [0, 0.05) is 84.9 Å². The maximum absolute atomic E-state index is 13.6. The van der Waals surface area contributed by atoms with Gasteiger partial charge in [-0.15, -0.1) is 10.2 Å². The first-order valence-corrected chi connectivity index (χ1v) is 23.0. The number of carbonyl (C=O) groups excluding carboxylic acids is 4. The molecule has 1 saturated heterocycles. The van der Waals surface area contributed by atoms with Crippen LogP contribution in [0.25, 0.3) is 0 Å². The number of aliphatic hydroxyl groups excluding tert-OH is 1. The molecule has 6 aromatic rings. The van der Waals surface area contributed by atoms with Crippen LogP contribution in [-0.2, 0) is 53.3 Å². The first-order valence-electron chi connectivity index (χ1n) is 23.0. The maximum atomic E-state index is 13.6. The number of aliphatic hydroxyl groups is 1. The highest BCUT2D eigenvalue weighted by molar-refractivity contribution is 6.01. The van der Waals surface area contributed by atoms with Gasteiger partial charge in [-0.1, -0.05) is 54.6 Å². The van der Waals surface area contributed by atoms with Gasteiger partial charge in [0.15, 0.2) is 0 Å². The van der Waals surface area contributed by atoms with Crippen LogP contribution in [-0.4, -0.2) is 155 Å². The van der Waals surface area contributed by atoms with Gasteiger partial charge in [0.2, 0.25) is 11.6 Å². The Bertz CT molecular complexity index is 2730. The lowest BCUT2D eigenvalue weighted by atomic mass is 10.0. The number of rotatable bonds is 17. The summed E-state index contributed by atoms with van der Waals surface area (Å²) in [6, 6.07) is 20.2. The SMILES string of the molecule is CN1C(=O)[C@@H](NC(=O)c2ncn(Cc3cccc(C4CN(CCc5cc6n(n5)CC[C@@H](NC(=O)c5ncn(Cc7ccccc7)n5)C(=O)N6C)CCO4)c3)n2)CCn2nc(CCNCCO)cc21. The number of hydrogen-bond acceptors (Lipinski definition) is 14. The zero-order valence-electron chi connectivity index (χ0n) is 38.1. The average Bonchev–Trinajstić information content (AvgIpc) is 4.18. The molecule has 4 aromatic heterocycles. The van der Waals surface area contributed by atoms with E-state index < -0.39 is 23.9 Å². The number of fused-ring (bicyclic) bond motifs is 2. The van der Waals surface area contributed by atoms with E-state index in [9.17, 15) is 19.2 Å². The molecule has 0 spiro atoms. The number of amides is 4. The molecule has 68 heavy (non-hydrogen) atoms. The molecule has 22 heteroatoms. The Balaban J connectivity index is 0.740. The van der Waals surface area contributed by atoms with Crippen LogP contribution < -0.4 is 25.8 Å². The number of ether oxygens (including phenoxy) is 1. The van der Waals surface area contributed by atoms with E-state index in [1.807, 2.05) is 65.3 Å². The molecule has 7 heterocycles. The van der Waals surface area contributed by atoms with Crippen LogP contribution >= 0.6 is 0 Å². The van der Waals surface area contributed by atoms with Gasteiger partial charge in [0.25, 0.3) is 23.6 Å². The lowest BCUT2D eigenvalue weighted by molar-refractivity contribution is -0.120. The Kier molecular flexibility index (Phi) is 14.1. The number of hydrogen-bond donors (Lipinski definition) is 4. The standard InChI is InChI=1S/C46H56N16O6/c1-56-39-24-34(11-15-47-16-21-63)52-61(39)18-13-36(45(56)66)51-44(65)42-49-30-60(55-42)27-32-9-6-10-33(23-32)38-28-58(20-22-68-38)17-12-35-25-40-57(2)46(67)37(14-19-62(40)53-35)50-43(64)41-48-29-59(54-41)26-31-7-4-3-5-8-31/h3-10,23-25,29-30,36-38,47,63H,11-22,26-28H2,1-2H3,(H,50,64)(H,51,65)/t36-,37+,38?/m0/s1. The second-order valence-electron chi connectivity index (χ2n) is 17.3. The third-order valence-electron chi connectivity index (χ3n) is 12.4. The molecular formula is C46H56N16O6. The fourth-order valence-corrected chi connectivity index (χ4v) is 8.79. The van der Waals surface area contributed by atoms with Crippen LogP contribution in [0.5, 0.6) is 0 Å². The minimum absolute atomic E-state index is 0.00794. The highest BCUT2D eigenvalue weighted by Crippen LogP contribution is 2.26. The summed E-state index contributed by atoms with van der Waals surface area (Å²) >= 11 is 0. The fraction of sp³-hybridized carbons (Fsp3) is 0.435. The Labute approximate surface area is 392 Å². The molecule has 0 aliphatic carbocycles. The molecule has 9 rings (SSSR count). The summed E-state index contributed by atoms with van der Waals surface area (Å²) in [5.74, 6) is -0.202. The molecule has 1 fully saturated rings. The summed E-state index contributed by atoms with van der Waals surface area (Å²) in [5.41, 5.74) is 4.73. The van der Waals surface area contributed by atoms with E-state index in [4.69, 9.17) is 14.9 Å². The number of morpholine rings is 1. The normalized spacial score (nSPS) is 18.8. The van der Waals surface area contributed by atoms with E-state index in [1.54, 1.807) is 33.0 Å². The van der Waals surface area contributed by atoms with Crippen molar-refractivity contribution in [2.45, 2.75) is 70.0 Å². The number of carbonyl (C=O) groups is 4. The smallest absolute Gasteiger partial charge is 0.291 e. The molecule has 0 saturated carbocycles. The summed E-state index contributed by atoms with van der Waals surface area (Å²) in [6.45, 7) is 5.75. The van der Waals surface area contributed by atoms with E-state index in [-0.39, 0.29) is 36.2 Å². The Hall–Kier alpha value is -7.14. The van der Waals surface area contributed by atoms with Crippen molar-refractivity contribution < 1.29 is 29.0 Å². The Morgan fingerprint density at radius 1 is 0.706 bits per heavy atom. The van der Waals surface area contributed by atoms with Gasteiger partial charge in [-0.05, 0) is 29.5 Å². The first kappa shape index (κ1) is 46.0. The number of aryl methyl sites for hydroxylation is 2. The van der Waals surface area contributed by atoms with Crippen molar-refractivity contribution in [1.82, 2.24) is 69.9 Å². The van der Waals surface area contributed by atoms with Crippen LogP contribution in [0.3, 0.4) is 0 Å². The number of benzene rings is 2. The van der Waals surface area contributed by atoms with Crippen molar-refractivity contribution in [1.29, 1.82) is 0 Å². The van der Waals surface area contributed by atoms with Gasteiger partial charge in [-0.2, -0.15) is 10.2 Å². The van der Waals surface area contributed by atoms with Gasteiger partial charge >= 0.3 is 0 Å². The Morgan fingerprint density at radius 3 is 1.91 bits per heavy atom. The molecule has 356 valence electrons. The lowest BCUT2D eigenvalue weighted by Gasteiger charge is -2.33. The first-order chi connectivity index (χ1) is 33.1. The molecule has 3 atom stereocenters. The predicted molar refractivity (Wildman–Crippen MR) is 247 cm³/mol. The van der Waals surface area contributed by atoms with Crippen LogP contribution in [0.4, 0.5) is 11.6 Å². The summed E-state index contributed by atoms with van der Waals surface area (Å²) in [5, 5.41) is 36.1. The quantitative estimate of drug-likeness (QED) is 0.0908. The number of aromatic nitrogens is 10. The van der Waals surface area contributed by atoms with E-state index in [2.05, 4.69) is 52.2 Å². The van der Waals surface area contributed by atoms with Crippen molar-refractivity contribution in [2.75, 3.05) is 69.8 Å². The topological polar surface area (TPSA) is 241 Å². The summed E-state index contributed by atoms with van der Waals surface area (Å²) < 4.78 is 13.1. The minimum atomic E-state index is -0.770. The van der Waals surface area contributed by atoms with E-state index in [0.717, 1.165) is 41.2 Å². The minimum Gasteiger partial charge on any atom is -0.395 e. The highest BCUT2D eigenvalue weighted by atomic mass is 16.5. The maximum Gasteiger partial charge on any atom is 0.291 e. The lowest BCUT2D eigenvalue weighted by Crippen LogP contribution is -2.47. The third-order valence-corrected chi connectivity index (χ3v) is 12.4. The van der Waals surface area contributed by atoms with Crippen LogP contribution in [0, 0.1) is 0 Å². The number of nitrogens with zero attached hydrogens (tertiary/aromatic N) is 13. The molecular weight excluding hydrogens is 873 g/mol. The molecule has 3 aliphatic rings. The van der Waals surface area contributed by atoms with Crippen LogP contribution in [0.2, 0.25) is 0 Å². The van der Waals surface area contributed by atoms with Crippen LogP contribution in [0.1, 0.15) is 68.3 Å². The molecule has 0 radical (unpaired) electrons. The third kappa shape index (κ3) is 10.7. The Morgan fingerprint density at radius 2 is 1.29 bits per heavy atom. The monoisotopic (exact) mass is 928 g/mol.